The Hall–Kier alpha value is -2.60. The Morgan fingerprint density at radius 1 is 1.14 bits per heavy atom. The highest BCUT2D eigenvalue weighted by Gasteiger charge is 2.37. The van der Waals surface area contributed by atoms with E-state index in [4.69, 9.17) is 8.94 Å². The highest BCUT2D eigenvalue weighted by molar-refractivity contribution is 7.89. The number of alkyl halides is 3. The van der Waals surface area contributed by atoms with Crippen LogP contribution in [0.25, 0.3) is 11.5 Å². The topological polar surface area (TPSA) is 103 Å². The number of hydrogen-bond donors (Lipinski definition) is 0. The molecule has 8 nitrogen and oxygen atoms in total. The fourth-order valence-corrected chi connectivity index (χ4v) is 3.74. The molecule has 0 unspecified atom stereocenters. The molecule has 0 bridgehead atoms. The number of halogens is 3. The van der Waals surface area contributed by atoms with Gasteiger partial charge in [0.1, 0.15) is 16.3 Å². The molecule has 3 aromatic rings. The van der Waals surface area contributed by atoms with E-state index in [1.807, 2.05) is 6.92 Å². The average molecular weight is 419 g/mol. The standard InChI is InChI=1S/C16H16F3N3O5S/c1-4-10-5-11(26-20-10)8-22(3)28(23,24)14-7-13(25-9(14)2)12-6-15(27-21-12)16(17,18)19/h5-7H,4,8H2,1-3H3. The Bertz CT molecular complexity index is 1080. The third-order valence-corrected chi connectivity index (χ3v) is 5.86. The summed E-state index contributed by atoms with van der Waals surface area (Å²) in [6.07, 6.45) is -4.07. The highest BCUT2D eigenvalue weighted by Crippen LogP contribution is 2.34. The highest BCUT2D eigenvalue weighted by atomic mass is 32.2. The quantitative estimate of drug-likeness (QED) is 0.601. The SMILES string of the molecule is CCc1cc(CN(C)S(=O)(=O)c2cc(-c3cc(C(F)(F)F)on3)oc2C)on1. The second-order valence-electron chi connectivity index (χ2n) is 6.00. The number of nitrogens with zero attached hydrogens (tertiary/aromatic N) is 3. The summed E-state index contributed by atoms with van der Waals surface area (Å²) in [6.45, 7) is 3.20. The molecule has 3 heterocycles. The molecule has 0 spiro atoms. The first kappa shape index (κ1) is 20.1. The summed E-state index contributed by atoms with van der Waals surface area (Å²) in [6, 6.07) is 3.39. The van der Waals surface area contributed by atoms with E-state index in [9.17, 15) is 21.6 Å². The number of rotatable bonds is 6. The summed E-state index contributed by atoms with van der Waals surface area (Å²) in [5.41, 5.74) is 0.427. The predicted molar refractivity (Wildman–Crippen MR) is 88.5 cm³/mol. The van der Waals surface area contributed by atoms with Crippen molar-refractivity contribution in [2.75, 3.05) is 7.05 Å². The lowest BCUT2D eigenvalue weighted by Gasteiger charge is -2.14. The molecule has 0 N–H and O–H groups in total. The van der Waals surface area contributed by atoms with Crippen molar-refractivity contribution in [3.8, 4) is 11.5 Å². The molecule has 0 amide bonds. The Morgan fingerprint density at radius 2 is 1.86 bits per heavy atom. The van der Waals surface area contributed by atoms with E-state index in [1.54, 1.807) is 6.07 Å². The molecule has 0 saturated carbocycles. The maximum Gasteiger partial charge on any atom is 0.452 e. The van der Waals surface area contributed by atoms with E-state index in [1.165, 1.54) is 14.0 Å². The van der Waals surface area contributed by atoms with Gasteiger partial charge in [0.2, 0.25) is 15.8 Å². The molecule has 0 atom stereocenters. The number of furan rings is 1. The maximum absolute atomic E-state index is 12.8. The van der Waals surface area contributed by atoms with E-state index in [0.717, 1.165) is 10.4 Å². The van der Waals surface area contributed by atoms with Crippen LogP contribution in [-0.4, -0.2) is 30.1 Å². The van der Waals surface area contributed by atoms with Crippen LogP contribution < -0.4 is 0 Å². The molecule has 3 rings (SSSR count). The van der Waals surface area contributed by atoms with Crippen molar-refractivity contribution in [1.82, 2.24) is 14.6 Å². The minimum absolute atomic E-state index is 0.00484. The molecule has 12 heteroatoms. The van der Waals surface area contributed by atoms with Gasteiger partial charge in [0.25, 0.3) is 0 Å². The van der Waals surface area contributed by atoms with Gasteiger partial charge in [0.05, 0.1) is 12.2 Å². The number of hydrogen-bond acceptors (Lipinski definition) is 7. The van der Waals surface area contributed by atoms with Gasteiger partial charge in [-0.05, 0) is 13.3 Å². The number of aromatic nitrogens is 2. The summed E-state index contributed by atoms with van der Waals surface area (Å²) in [5, 5.41) is 7.09. The molecule has 28 heavy (non-hydrogen) atoms. The maximum atomic E-state index is 12.8. The molecule has 0 radical (unpaired) electrons. The normalized spacial score (nSPS) is 12.8. The van der Waals surface area contributed by atoms with Crippen LogP contribution >= 0.6 is 0 Å². The van der Waals surface area contributed by atoms with Crippen LogP contribution in [0.5, 0.6) is 0 Å². The fraction of sp³-hybridized carbons (Fsp3) is 0.375. The van der Waals surface area contributed by atoms with Gasteiger partial charge in [-0.3, -0.25) is 0 Å². The Kier molecular flexibility index (Phi) is 5.10. The Morgan fingerprint density at radius 3 is 2.43 bits per heavy atom. The summed E-state index contributed by atoms with van der Waals surface area (Å²) in [5.74, 6) is -1.10. The lowest BCUT2D eigenvalue weighted by Crippen LogP contribution is -2.26. The minimum Gasteiger partial charge on any atom is -0.458 e. The molecule has 0 aliphatic heterocycles. The number of sulfonamides is 1. The van der Waals surface area contributed by atoms with Crippen molar-refractivity contribution >= 4 is 10.0 Å². The van der Waals surface area contributed by atoms with E-state index in [-0.39, 0.29) is 28.7 Å². The third-order valence-electron chi connectivity index (χ3n) is 3.95. The average Bonchev–Trinajstić information content (AvgIpc) is 3.32. The zero-order valence-corrected chi connectivity index (χ0v) is 15.9. The third kappa shape index (κ3) is 3.83. The number of aryl methyl sites for hydroxylation is 2. The lowest BCUT2D eigenvalue weighted by molar-refractivity contribution is -0.155. The first-order valence-corrected chi connectivity index (χ1v) is 9.52. The van der Waals surface area contributed by atoms with Crippen LogP contribution in [0.3, 0.4) is 0 Å². The molecule has 0 saturated heterocycles. The van der Waals surface area contributed by atoms with Gasteiger partial charge in [-0.25, -0.2) is 8.42 Å². The van der Waals surface area contributed by atoms with Crippen LogP contribution in [0.1, 0.15) is 29.9 Å². The van der Waals surface area contributed by atoms with Gasteiger partial charge >= 0.3 is 6.18 Å². The van der Waals surface area contributed by atoms with Crippen molar-refractivity contribution in [2.45, 2.75) is 37.9 Å². The fourth-order valence-electron chi connectivity index (χ4n) is 2.44. The van der Waals surface area contributed by atoms with Crippen LogP contribution in [0.4, 0.5) is 13.2 Å². The first-order chi connectivity index (χ1) is 13.0. The summed E-state index contributed by atoms with van der Waals surface area (Å²) >= 11 is 0. The van der Waals surface area contributed by atoms with E-state index >= 15 is 0 Å². The molecule has 0 aliphatic carbocycles. The van der Waals surface area contributed by atoms with Crippen molar-refractivity contribution in [2.24, 2.45) is 0 Å². The predicted octanol–water partition coefficient (Wildman–Crippen LogP) is 3.63. The largest absolute Gasteiger partial charge is 0.458 e. The molecule has 0 aliphatic rings. The van der Waals surface area contributed by atoms with Gasteiger partial charge in [0, 0.05) is 25.2 Å². The van der Waals surface area contributed by atoms with Gasteiger partial charge in [-0.2, -0.15) is 17.5 Å². The van der Waals surface area contributed by atoms with Crippen LogP contribution in [0.15, 0.2) is 36.6 Å². The van der Waals surface area contributed by atoms with E-state index in [0.29, 0.717) is 23.9 Å². The van der Waals surface area contributed by atoms with Gasteiger partial charge in [-0.15, -0.1) is 0 Å². The Labute approximate surface area is 157 Å². The molecule has 0 aromatic carbocycles. The smallest absolute Gasteiger partial charge is 0.452 e. The van der Waals surface area contributed by atoms with Crippen LogP contribution in [0.2, 0.25) is 0 Å². The minimum atomic E-state index is -4.71. The zero-order valence-electron chi connectivity index (χ0n) is 15.1. The molecular formula is C16H16F3N3O5S. The first-order valence-electron chi connectivity index (χ1n) is 8.08. The van der Waals surface area contributed by atoms with Crippen molar-refractivity contribution in [3.05, 3.63) is 41.2 Å². The second-order valence-corrected chi connectivity index (χ2v) is 8.02. The van der Waals surface area contributed by atoms with Gasteiger partial charge in [0.15, 0.2) is 11.5 Å². The van der Waals surface area contributed by atoms with Crippen molar-refractivity contribution in [3.63, 3.8) is 0 Å². The molecular weight excluding hydrogens is 403 g/mol. The van der Waals surface area contributed by atoms with Gasteiger partial charge in [-0.1, -0.05) is 17.2 Å². The van der Waals surface area contributed by atoms with Crippen LogP contribution in [-0.2, 0) is 29.2 Å². The molecule has 0 fully saturated rings. The summed E-state index contributed by atoms with van der Waals surface area (Å²) in [7, 11) is -2.66. The van der Waals surface area contributed by atoms with Crippen LogP contribution in [0, 0.1) is 6.92 Å². The van der Waals surface area contributed by atoms with Crippen molar-refractivity contribution in [1.29, 1.82) is 0 Å². The zero-order chi connectivity index (χ0) is 20.7. The lowest BCUT2D eigenvalue weighted by atomic mass is 10.3. The van der Waals surface area contributed by atoms with E-state index in [2.05, 4.69) is 14.8 Å². The second kappa shape index (κ2) is 7.09. The van der Waals surface area contributed by atoms with E-state index < -0.39 is 22.0 Å². The summed E-state index contributed by atoms with van der Waals surface area (Å²) < 4.78 is 79.3. The van der Waals surface area contributed by atoms with Crippen molar-refractivity contribution < 1.29 is 35.1 Å². The summed E-state index contributed by atoms with van der Waals surface area (Å²) in [4.78, 5) is -0.197. The monoisotopic (exact) mass is 419 g/mol. The molecule has 3 aromatic heterocycles. The van der Waals surface area contributed by atoms with Gasteiger partial charge < -0.3 is 13.5 Å². The Balaban J connectivity index is 1.87. The molecule has 152 valence electrons.